The minimum absolute atomic E-state index is 0.0461. The van der Waals surface area contributed by atoms with Crippen LogP contribution in [-0.4, -0.2) is 16.7 Å². The molecule has 0 N–H and O–H groups in total. The topological polar surface area (TPSA) is 86.5 Å². The molecule has 0 aromatic heterocycles. The minimum atomic E-state index is -1.14. The Hall–Kier alpha value is -2.24. The lowest BCUT2D eigenvalue weighted by Gasteiger charge is -2.36. The quantitative estimate of drug-likeness (QED) is 0.358. The first-order valence-electron chi connectivity index (χ1n) is 6.25. The van der Waals surface area contributed by atoms with Crippen molar-refractivity contribution in [2.24, 2.45) is 11.3 Å². The molecule has 0 unspecified atom stereocenters. The second-order valence-corrected chi connectivity index (χ2v) is 5.45. The third kappa shape index (κ3) is 2.17. The molecule has 2 rings (SSSR count). The van der Waals surface area contributed by atoms with Crippen molar-refractivity contribution in [2.45, 2.75) is 26.9 Å². The molecule has 0 spiro atoms. The lowest BCUT2D eigenvalue weighted by atomic mass is 9.76. The van der Waals surface area contributed by atoms with Gasteiger partial charge in [-0.15, -0.1) is 0 Å². The molecule has 0 amide bonds. The fourth-order valence-corrected chi connectivity index (χ4v) is 2.31. The Labute approximate surface area is 115 Å². The molecule has 2 atom stereocenters. The molecule has 1 fully saturated rings. The molecule has 0 bridgehead atoms. The van der Waals surface area contributed by atoms with E-state index in [1.165, 1.54) is 24.3 Å². The highest BCUT2D eigenvalue weighted by Crippen LogP contribution is 2.39. The second kappa shape index (κ2) is 4.70. The van der Waals surface area contributed by atoms with E-state index in [4.69, 9.17) is 4.74 Å². The molecule has 1 heterocycles. The van der Waals surface area contributed by atoms with E-state index in [9.17, 15) is 19.7 Å². The van der Waals surface area contributed by atoms with E-state index in [-0.39, 0.29) is 11.5 Å². The van der Waals surface area contributed by atoms with Crippen LogP contribution in [0.5, 0.6) is 0 Å². The average molecular weight is 277 g/mol. The summed E-state index contributed by atoms with van der Waals surface area (Å²) in [5.41, 5.74) is -0.605. The molecule has 6 nitrogen and oxygen atoms in total. The summed E-state index contributed by atoms with van der Waals surface area (Å²) in [6, 6.07) is 5.69. The Morgan fingerprint density at radius 1 is 1.20 bits per heavy atom. The van der Waals surface area contributed by atoms with Crippen LogP contribution >= 0.6 is 0 Å². The first kappa shape index (κ1) is 14.2. The number of benzene rings is 1. The third-order valence-corrected chi connectivity index (χ3v) is 3.66. The number of cyclic esters (lactones) is 1. The third-order valence-electron chi connectivity index (χ3n) is 3.66. The second-order valence-electron chi connectivity index (χ2n) is 5.45. The van der Waals surface area contributed by atoms with Crippen molar-refractivity contribution in [2.75, 3.05) is 0 Å². The maximum Gasteiger partial charge on any atom is 0.319 e. The zero-order valence-electron chi connectivity index (χ0n) is 11.5. The molecule has 106 valence electrons. The van der Waals surface area contributed by atoms with E-state index in [2.05, 4.69) is 0 Å². The molecule has 6 heteroatoms. The van der Waals surface area contributed by atoms with Gasteiger partial charge >= 0.3 is 5.97 Å². The summed E-state index contributed by atoms with van der Waals surface area (Å²) in [5.74, 6) is -1.23. The number of nitro groups is 1. The van der Waals surface area contributed by atoms with E-state index in [1.54, 1.807) is 20.8 Å². The van der Waals surface area contributed by atoms with Crippen LogP contribution in [0.25, 0.3) is 0 Å². The fourth-order valence-electron chi connectivity index (χ4n) is 2.31. The summed E-state index contributed by atoms with van der Waals surface area (Å²) in [6.07, 6.45) is -0.691. The van der Waals surface area contributed by atoms with Gasteiger partial charge in [-0.05, 0) is 31.5 Å². The number of hydrogen-bond acceptors (Lipinski definition) is 5. The number of carbonyl (C=O) groups is 2. The molecule has 0 saturated carbocycles. The molecule has 1 saturated heterocycles. The van der Waals surface area contributed by atoms with Crippen molar-refractivity contribution >= 4 is 17.4 Å². The highest BCUT2D eigenvalue weighted by Gasteiger charge is 2.49. The van der Waals surface area contributed by atoms with Crippen molar-refractivity contribution < 1.29 is 19.2 Å². The fraction of sp³-hybridized carbons (Fsp3) is 0.429. The Morgan fingerprint density at radius 2 is 1.75 bits per heavy atom. The van der Waals surface area contributed by atoms with Crippen LogP contribution < -0.4 is 0 Å². The van der Waals surface area contributed by atoms with Gasteiger partial charge in [0, 0.05) is 12.1 Å². The Morgan fingerprint density at radius 3 is 2.25 bits per heavy atom. The van der Waals surface area contributed by atoms with Gasteiger partial charge in [0.15, 0.2) is 5.78 Å². The van der Waals surface area contributed by atoms with Crippen molar-refractivity contribution in [1.82, 2.24) is 0 Å². The highest BCUT2D eigenvalue weighted by atomic mass is 16.6. The monoisotopic (exact) mass is 277 g/mol. The van der Waals surface area contributed by atoms with Crippen LogP contribution in [0.1, 0.15) is 32.4 Å². The number of ether oxygens (including phenoxy) is 1. The Balaban J connectivity index is 2.31. The van der Waals surface area contributed by atoms with E-state index in [1.807, 2.05) is 0 Å². The van der Waals surface area contributed by atoms with Gasteiger partial charge in [-0.1, -0.05) is 6.92 Å². The summed E-state index contributed by atoms with van der Waals surface area (Å²) in [7, 11) is 0. The standard InChI is InChI=1S/C14H15NO5/c1-8-11(20-13(17)14(2,3)12(8)16)9-4-6-10(7-5-9)15(18)19/h4-8,11H,1-3H3/t8-,11-/m0/s1. The number of non-ortho nitro benzene ring substituents is 1. The van der Waals surface area contributed by atoms with Gasteiger partial charge in [0.25, 0.3) is 5.69 Å². The average Bonchev–Trinajstić information content (AvgIpc) is 2.41. The number of esters is 1. The summed E-state index contributed by atoms with van der Waals surface area (Å²) in [5, 5.41) is 10.6. The van der Waals surface area contributed by atoms with Crippen molar-refractivity contribution in [1.29, 1.82) is 0 Å². The van der Waals surface area contributed by atoms with E-state index >= 15 is 0 Å². The van der Waals surface area contributed by atoms with Crippen molar-refractivity contribution in [3.63, 3.8) is 0 Å². The lowest BCUT2D eigenvalue weighted by Crippen LogP contribution is -2.46. The Kier molecular flexibility index (Phi) is 3.33. The van der Waals surface area contributed by atoms with Gasteiger partial charge in [-0.3, -0.25) is 19.7 Å². The first-order valence-corrected chi connectivity index (χ1v) is 6.25. The first-order chi connectivity index (χ1) is 9.25. The van der Waals surface area contributed by atoms with Gasteiger partial charge in [-0.2, -0.15) is 0 Å². The Bertz CT molecular complexity index is 576. The van der Waals surface area contributed by atoms with Crippen molar-refractivity contribution in [3.05, 3.63) is 39.9 Å². The van der Waals surface area contributed by atoms with Gasteiger partial charge in [0.05, 0.1) is 10.8 Å². The van der Waals surface area contributed by atoms with E-state index < -0.39 is 28.3 Å². The van der Waals surface area contributed by atoms with Crippen LogP contribution in [0, 0.1) is 21.4 Å². The number of carbonyl (C=O) groups excluding carboxylic acids is 2. The van der Waals surface area contributed by atoms with E-state index in [0.717, 1.165) is 0 Å². The number of hydrogen-bond donors (Lipinski definition) is 0. The molecule has 1 aromatic rings. The predicted molar refractivity (Wildman–Crippen MR) is 69.9 cm³/mol. The number of ketones is 1. The molecule has 1 aliphatic rings. The van der Waals surface area contributed by atoms with Crippen molar-refractivity contribution in [3.8, 4) is 0 Å². The summed E-state index contributed by atoms with van der Waals surface area (Å²) >= 11 is 0. The normalized spacial score (nSPS) is 25.1. The van der Waals surface area contributed by atoms with Gasteiger partial charge in [0.2, 0.25) is 0 Å². The lowest BCUT2D eigenvalue weighted by molar-refractivity contribution is -0.384. The number of nitro benzene ring substituents is 1. The van der Waals surface area contributed by atoms with E-state index in [0.29, 0.717) is 5.56 Å². The van der Waals surface area contributed by atoms with Gasteiger partial charge in [-0.25, -0.2) is 0 Å². The van der Waals surface area contributed by atoms with Gasteiger partial charge in [0.1, 0.15) is 11.5 Å². The number of Topliss-reactive ketones (excluding diaryl/α,β-unsaturated/α-hetero) is 1. The smallest absolute Gasteiger partial charge is 0.319 e. The summed E-state index contributed by atoms with van der Waals surface area (Å²) in [6.45, 7) is 4.78. The maximum atomic E-state index is 12.2. The molecule has 0 radical (unpaired) electrons. The zero-order chi connectivity index (χ0) is 15.1. The van der Waals surface area contributed by atoms with Crippen LogP contribution in [0.3, 0.4) is 0 Å². The highest BCUT2D eigenvalue weighted by molar-refractivity contribution is 6.06. The summed E-state index contributed by atoms with van der Waals surface area (Å²) < 4.78 is 5.34. The SMILES string of the molecule is C[C@@H]1C(=O)C(C)(C)C(=O)O[C@@H]1c1ccc([N+](=O)[O-])cc1. The zero-order valence-corrected chi connectivity index (χ0v) is 11.5. The molecule has 0 aliphatic carbocycles. The molecule has 1 aliphatic heterocycles. The van der Waals surface area contributed by atoms with Crippen LogP contribution in [-0.2, 0) is 14.3 Å². The molecular weight excluding hydrogens is 262 g/mol. The summed E-state index contributed by atoms with van der Waals surface area (Å²) in [4.78, 5) is 34.2. The molecular formula is C14H15NO5. The predicted octanol–water partition coefficient (Wildman–Crippen LogP) is 2.42. The van der Waals surface area contributed by atoms with Gasteiger partial charge < -0.3 is 4.74 Å². The minimum Gasteiger partial charge on any atom is -0.456 e. The maximum absolute atomic E-state index is 12.2. The number of nitrogens with zero attached hydrogens (tertiary/aromatic N) is 1. The van der Waals surface area contributed by atoms with Crippen LogP contribution in [0.2, 0.25) is 0 Å². The number of rotatable bonds is 2. The largest absolute Gasteiger partial charge is 0.456 e. The molecule has 1 aromatic carbocycles. The van der Waals surface area contributed by atoms with Crippen LogP contribution in [0.15, 0.2) is 24.3 Å². The molecule has 20 heavy (non-hydrogen) atoms. The van der Waals surface area contributed by atoms with Crippen LogP contribution in [0.4, 0.5) is 5.69 Å².